The van der Waals surface area contributed by atoms with Gasteiger partial charge in [-0.1, -0.05) is 49.1 Å². The third kappa shape index (κ3) is 3.95. The van der Waals surface area contributed by atoms with Crippen LogP contribution in [0.15, 0.2) is 39.7 Å². The molecular weight excluding hydrogens is 326 g/mol. The van der Waals surface area contributed by atoms with Crippen LogP contribution in [0, 0.1) is 6.92 Å². The van der Waals surface area contributed by atoms with E-state index in [2.05, 4.69) is 41.2 Å². The highest BCUT2D eigenvalue weighted by atomic mass is 32.1. The van der Waals surface area contributed by atoms with Crippen molar-refractivity contribution in [3.63, 3.8) is 0 Å². The zero-order valence-electron chi connectivity index (χ0n) is 15.1. The molecule has 0 amide bonds. The van der Waals surface area contributed by atoms with Gasteiger partial charge in [0.2, 0.25) is 4.80 Å². The lowest BCUT2D eigenvalue weighted by Gasteiger charge is -2.17. The Morgan fingerprint density at radius 3 is 2.40 bits per heavy atom. The smallest absolute Gasteiger partial charge is 0.206 e. The van der Waals surface area contributed by atoms with E-state index in [1.165, 1.54) is 67.5 Å². The van der Waals surface area contributed by atoms with Crippen LogP contribution in [-0.2, 0) is 0 Å². The molecule has 1 aromatic heterocycles. The van der Waals surface area contributed by atoms with E-state index >= 15 is 0 Å². The summed E-state index contributed by atoms with van der Waals surface area (Å²) in [5.74, 6) is 0. The Morgan fingerprint density at radius 1 is 0.960 bits per heavy atom. The van der Waals surface area contributed by atoms with E-state index in [1.54, 1.807) is 11.3 Å². The van der Waals surface area contributed by atoms with Gasteiger partial charge in [-0.15, -0.1) is 11.3 Å². The van der Waals surface area contributed by atoms with E-state index in [-0.39, 0.29) is 0 Å². The number of hydrogen-bond acceptors (Lipinski definition) is 3. The van der Waals surface area contributed by atoms with Gasteiger partial charge in [-0.2, -0.15) is 5.10 Å². The zero-order chi connectivity index (χ0) is 17.1. The van der Waals surface area contributed by atoms with Gasteiger partial charge < -0.3 is 0 Å². The van der Waals surface area contributed by atoms with E-state index < -0.39 is 0 Å². The molecule has 2 saturated carbocycles. The van der Waals surface area contributed by atoms with Crippen molar-refractivity contribution < 1.29 is 0 Å². The van der Waals surface area contributed by atoms with Gasteiger partial charge in [0.1, 0.15) is 0 Å². The van der Waals surface area contributed by atoms with Gasteiger partial charge in [0.05, 0.1) is 11.7 Å². The maximum absolute atomic E-state index is 5.10. The van der Waals surface area contributed by atoms with E-state index in [9.17, 15) is 0 Å². The molecule has 3 nitrogen and oxygen atoms in total. The first-order valence-electron chi connectivity index (χ1n) is 9.68. The Hall–Kier alpha value is -1.68. The molecule has 2 aromatic rings. The van der Waals surface area contributed by atoms with Gasteiger partial charge in [0.15, 0.2) is 0 Å². The normalized spacial score (nSPS) is 19.6. The lowest BCUT2D eigenvalue weighted by atomic mass is 9.96. The number of nitrogens with zero attached hydrogens (tertiary/aromatic N) is 3. The summed E-state index contributed by atoms with van der Waals surface area (Å²) in [5.41, 5.74) is 5.03. The van der Waals surface area contributed by atoms with Crippen LogP contribution in [0.25, 0.3) is 11.3 Å². The lowest BCUT2D eigenvalue weighted by Crippen LogP contribution is -2.19. The molecule has 0 unspecified atom stereocenters. The fraction of sp³-hybridized carbons (Fsp3) is 0.524. The van der Waals surface area contributed by atoms with Crippen molar-refractivity contribution in [1.82, 2.24) is 4.68 Å². The number of aromatic nitrogens is 1. The minimum atomic E-state index is 0.480. The molecule has 2 aliphatic carbocycles. The van der Waals surface area contributed by atoms with Crippen molar-refractivity contribution in [2.24, 2.45) is 10.1 Å². The molecule has 1 heterocycles. The summed E-state index contributed by atoms with van der Waals surface area (Å²) in [6.45, 7) is 2.13. The predicted octanol–water partition coefficient (Wildman–Crippen LogP) is 5.54. The van der Waals surface area contributed by atoms with E-state index in [0.717, 1.165) is 17.6 Å². The fourth-order valence-corrected chi connectivity index (χ4v) is 4.70. The summed E-state index contributed by atoms with van der Waals surface area (Å²) in [5, 5.41) is 7.26. The van der Waals surface area contributed by atoms with Crippen molar-refractivity contribution in [1.29, 1.82) is 0 Å². The summed E-state index contributed by atoms with van der Waals surface area (Å²) in [7, 11) is 0. The number of rotatable bonds is 3. The fourth-order valence-electron chi connectivity index (χ4n) is 3.80. The van der Waals surface area contributed by atoms with E-state index in [4.69, 9.17) is 10.1 Å². The monoisotopic (exact) mass is 353 g/mol. The van der Waals surface area contributed by atoms with Crippen molar-refractivity contribution in [2.45, 2.75) is 70.8 Å². The molecule has 0 saturated heterocycles. The average Bonchev–Trinajstić information content (AvgIpc) is 3.28. The highest BCUT2D eigenvalue weighted by Crippen LogP contribution is 2.24. The molecule has 2 fully saturated rings. The first-order chi connectivity index (χ1) is 12.3. The van der Waals surface area contributed by atoms with Crippen LogP contribution in [-0.4, -0.2) is 16.4 Å². The second-order valence-corrected chi connectivity index (χ2v) is 8.21. The maximum atomic E-state index is 5.10. The van der Waals surface area contributed by atoms with E-state index in [0.29, 0.717) is 6.04 Å². The Bertz CT molecular complexity index is 796. The Morgan fingerprint density at radius 2 is 1.68 bits per heavy atom. The number of hydrogen-bond donors (Lipinski definition) is 0. The first kappa shape index (κ1) is 16.8. The van der Waals surface area contributed by atoms with Crippen LogP contribution >= 0.6 is 11.3 Å². The summed E-state index contributed by atoms with van der Waals surface area (Å²) < 4.78 is 2.13. The molecule has 25 heavy (non-hydrogen) atoms. The average molecular weight is 354 g/mol. The van der Waals surface area contributed by atoms with Gasteiger partial charge in [-0.25, -0.2) is 4.68 Å². The highest BCUT2D eigenvalue weighted by molar-refractivity contribution is 7.07. The Balaban J connectivity index is 1.77. The minimum Gasteiger partial charge on any atom is -0.254 e. The Labute approximate surface area is 154 Å². The number of aryl methyl sites for hydroxylation is 1. The molecule has 4 heteroatoms. The third-order valence-corrected chi connectivity index (χ3v) is 6.15. The SMILES string of the molecule is Cc1ccc(-c2csc(=NC3CCCCC3)n2N=C2CCCC2)cc1. The maximum Gasteiger partial charge on any atom is 0.206 e. The van der Waals surface area contributed by atoms with Gasteiger partial charge in [0.25, 0.3) is 0 Å². The standard InChI is InChI=1S/C21H27N3S/c1-16-11-13-17(14-12-16)20-15-25-21(22-18-7-3-2-4-8-18)24(20)23-19-9-5-6-10-19/h11-15,18H,2-10H2,1H3. The number of benzene rings is 1. The summed E-state index contributed by atoms with van der Waals surface area (Å²) in [6.07, 6.45) is 11.3. The van der Waals surface area contributed by atoms with Crippen LogP contribution in [0.1, 0.15) is 63.4 Å². The van der Waals surface area contributed by atoms with Crippen LogP contribution in [0.5, 0.6) is 0 Å². The lowest BCUT2D eigenvalue weighted by molar-refractivity contribution is 0.435. The van der Waals surface area contributed by atoms with Gasteiger partial charge in [-0.3, -0.25) is 4.99 Å². The van der Waals surface area contributed by atoms with Gasteiger partial charge >= 0.3 is 0 Å². The van der Waals surface area contributed by atoms with E-state index in [1.807, 2.05) is 0 Å². The molecule has 1 aromatic carbocycles. The number of thiazole rings is 1. The van der Waals surface area contributed by atoms with Crippen molar-refractivity contribution in [3.05, 3.63) is 40.0 Å². The van der Waals surface area contributed by atoms with Crippen LogP contribution in [0.3, 0.4) is 0 Å². The molecule has 2 aliphatic rings. The molecule has 0 spiro atoms. The molecular formula is C21H27N3S. The van der Waals surface area contributed by atoms with Crippen LogP contribution in [0.4, 0.5) is 0 Å². The van der Waals surface area contributed by atoms with Crippen molar-refractivity contribution in [2.75, 3.05) is 0 Å². The molecule has 132 valence electrons. The third-order valence-electron chi connectivity index (χ3n) is 5.32. The molecule has 0 radical (unpaired) electrons. The van der Waals surface area contributed by atoms with Gasteiger partial charge in [-0.05, 0) is 45.4 Å². The van der Waals surface area contributed by atoms with Gasteiger partial charge in [0, 0.05) is 16.7 Å². The largest absolute Gasteiger partial charge is 0.254 e. The molecule has 0 bridgehead atoms. The first-order valence-corrected chi connectivity index (χ1v) is 10.6. The quantitative estimate of drug-likeness (QED) is 0.694. The summed E-state index contributed by atoms with van der Waals surface area (Å²) >= 11 is 1.74. The predicted molar refractivity (Wildman–Crippen MR) is 106 cm³/mol. The second kappa shape index (κ2) is 7.69. The molecule has 0 aliphatic heterocycles. The minimum absolute atomic E-state index is 0.480. The van der Waals surface area contributed by atoms with Crippen molar-refractivity contribution >= 4 is 17.0 Å². The Kier molecular flexibility index (Phi) is 5.16. The van der Waals surface area contributed by atoms with Crippen molar-refractivity contribution in [3.8, 4) is 11.3 Å². The molecule has 0 atom stereocenters. The topological polar surface area (TPSA) is 29.6 Å². The second-order valence-electron chi connectivity index (χ2n) is 7.38. The van der Waals surface area contributed by atoms with Crippen LogP contribution < -0.4 is 4.80 Å². The summed E-state index contributed by atoms with van der Waals surface area (Å²) in [6, 6.07) is 9.24. The van der Waals surface area contributed by atoms with Crippen LogP contribution in [0.2, 0.25) is 0 Å². The molecule has 0 N–H and O–H groups in total. The highest BCUT2D eigenvalue weighted by Gasteiger charge is 2.15. The molecule has 4 rings (SSSR count). The summed E-state index contributed by atoms with van der Waals surface area (Å²) in [4.78, 5) is 6.17. The zero-order valence-corrected chi connectivity index (χ0v) is 15.9.